The molecule has 310 valence electrons. The molecule has 0 aromatic carbocycles. The molecule has 3 aliphatic rings. The molecule has 0 aromatic rings. The average molecular weight is 766 g/mol. The van der Waals surface area contributed by atoms with Crippen molar-refractivity contribution in [2.45, 2.75) is 173 Å². The fraction of sp³-hybridized carbons (Fsp3) is 0.878. The number of Topliss-reactive ketones (excluding diaryl/α,β-unsaturated/α-hetero) is 1. The van der Waals surface area contributed by atoms with Crippen LogP contribution in [0.4, 0.5) is 0 Å². The van der Waals surface area contributed by atoms with Crippen molar-refractivity contribution in [3.63, 3.8) is 0 Å². The predicted octanol–water partition coefficient (Wildman–Crippen LogP) is 3.79. The Hall–Kier alpha value is -2.15. The van der Waals surface area contributed by atoms with Crippen LogP contribution in [-0.4, -0.2) is 144 Å². The van der Waals surface area contributed by atoms with Crippen LogP contribution in [0.5, 0.6) is 0 Å². The number of aliphatic hydroxyl groups excluding tert-OH is 2. The van der Waals surface area contributed by atoms with Gasteiger partial charge in [-0.15, -0.1) is 12.3 Å². The van der Waals surface area contributed by atoms with E-state index in [1.807, 2.05) is 32.7 Å². The summed E-state index contributed by atoms with van der Waals surface area (Å²) in [6, 6.07) is 0.137. The molecule has 3 N–H and O–H groups in total. The van der Waals surface area contributed by atoms with Crippen molar-refractivity contribution in [2.75, 3.05) is 34.8 Å². The molecule has 0 aromatic heterocycles. The second kappa shape index (κ2) is 19.8. The largest absolute Gasteiger partial charge is 0.459 e. The molecule has 13 heteroatoms. The second-order valence-corrected chi connectivity index (χ2v) is 16.9. The van der Waals surface area contributed by atoms with Gasteiger partial charge in [0.25, 0.3) is 0 Å². The number of terminal acetylenes is 1. The molecule has 2 aliphatic heterocycles. The van der Waals surface area contributed by atoms with Gasteiger partial charge in [-0.3, -0.25) is 14.5 Å². The number of carbonyl (C=O) groups excluding carboxylic acids is 2. The van der Waals surface area contributed by atoms with E-state index in [-0.39, 0.29) is 31.1 Å². The van der Waals surface area contributed by atoms with E-state index in [2.05, 4.69) is 24.9 Å². The third-order valence-electron chi connectivity index (χ3n) is 12.5. The zero-order chi connectivity index (χ0) is 40.7. The van der Waals surface area contributed by atoms with Crippen LogP contribution in [-0.2, 0) is 33.4 Å². The summed E-state index contributed by atoms with van der Waals surface area (Å²) in [5, 5.41) is 40.1. The molecule has 0 bridgehead atoms. The highest BCUT2D eigenvalue weighted by Gasteiger charge is 2.52. The molecule has 13 nitrogen and oxygen atoms in total. The van der Waals surface area contributed by atoms with Crippen molar-refractivity contribution in [1.29, 1.82) is 0 Å². The summed E-state index contributed by atoms with van der Waals surface area (Å²) in [5.41, 5.74) is -2.62. The van der Waals surface area contributed by atoms with Crippen LogP contribution in [0.25, 0.3) is 0 Å². The number of ether oxygens (including phenoxy) is 4. The Morgan fingerprint density at radius 3 is 2.20 bits per heavy atom. The molecule has 1 aliphatic carbocycles. The van der Waals surface area contributed by atoms with Gasteiger partial charge in [-0.1, -0.05) is 32.9 Å². The van der Waals surface area contributed by atoms with E-state index in [1.54, 1.807) is 20.8 Å². The Bertz CT molecular complexity index is 1300. The van der Waals surface area contributed by atoms with Crippen molar-refractivity contribution in [3.8, 4) is 12.3 Å². The number of ketones is 1. The van der Waals surface area contributed by atoms with Gasteiger partial charge < -0.3 is 44.0 Å². The van der Waals surface area contributed by atoms with Crippen LogP contribution < -0.4 is 0 Å². The Morgan fingerprint density at radius 2 is 1.65 bits per heavy atom. The van der Waals surface area contributed by atoms with E-state index in [4.69, 9.17) is 35.4 Å². The number of cyclic esters (lactones) is 1. The highest BCUT2D eigenvalue weighted by Crippen LogP contribution is 2.39. The second-order valence-electron chi connectivity index (χ2n) is 16.9. The molecule has 3 rings (SSSR count). The lowest BCUT2D eigenvalue weighted by Gasteiger charge is -2.47. The first-order valence-corrected chi connectivity index (χ1v) is 20.0. The Morgan fingerprint density at radius 1 is 1.02 bits per heavy atom. The fourth-order valence-corrected chi connectivity index (χ4v) is 8.75. The summed E-state index contributed by atoms with van der Waals surface area (Å²) >= 11 is 0. The van der Waals surface area contributed by atoms with Gasteiger partial charge in [-0.25, -0.2) is 0 Å². The van der Waals surface area contributed by atoms with Gasteiger partial charge in [0.1, 0.15) is 29.8 Å². The molecule has 0 unspecified atom stereocenters. The number of rotatable bonds is 10. The quantitative estimate of drug-likeness (QED) is 0.128. The molecule has 54 heavy (non-hydrogen) atoms. The number of hydrogen-bond acceptors (Lipinski definition) is 13. The first-order chi connectivity index (χ1) is 25.2. The summed E-state index contributed by atoms with van der Waals surface area (Å²) in [6.45, 7) is 14.4. The zero-order valence-electron chi connectivity index (χ0n) is 35.0. The van der Waals surface area contributed by atoms with E-state index in [9.17, 15) is 24.9 Å². The molecular formula is C41H71N3O10. The third-order valence-corrected chi connectivity index (χ3v) is 12.5. The molecule has 13 atom stereocenters. The molecule has 0 radical (unpaired) electrons. The normalized spacial score (nSPS) is 42.7. The Kier molecular flexibility index (Phi) is 17.0. The van der Waals surface area contributed by atoms with Gasteiger partial charge in [0, 0.05) is 49.9 Å². The number of carbonyl (C=O) groups is 2. The predicted molar refractivity (Wildman–Crippen MR) is 206 cm³/mol. The monoisotopic (exact) mass is 766 g/mol. The van der Waals surface area contributed by atoms with Gasteiger partial charge in [0.2, 0.25) is 0 Å². The molecule has 0 spiro atoms. The van der Waals surface area contributed by atoms with Crippen molar-refractivity contribution < 1.29 is 48.7 Å². The smallest absolute Gasteiger partial charge is 0.316 e. The molecular weight excluding hydrogens is 694 g/mol. The molecule has 0 amide bonds. The number of methoxy groups -OCH3 is 1. The van der Waals surface area contributed by atoms with E-state index in [1.165, 1.54) is 21.0 Å². The van der Waals surface area contributed by atoms with Gasteiger partial charge in [-0.2, -0.15) is 0 Å². The summed E-state index contributed by atoms with van der Waals surface area (Å²) in [5.74, 6) is -1.99. The van der Waals surface area contributed by atoms with Gasteiger partial charge in [0.05, 0.1) is 29.6 Å². The Balaban J connectivity index is 2.11. The van der Waals surface area contributed by atoms with Crippen LogP contribution in [0.2, 0.25) is 0 Å². The summed E-state index contributed by atoms with van der Waals surface area (Å²) in [6.07, 6.45) is 4.39. The lowest BCUT2D eigenvalue weighted by molar-refractivity contribution is -0.295. The molecule has 3 fully saturated rings. The lowest BCUT2D eigenvalue weighted by atomic mass is 9.74. The van der Waals surface area contributed by atoms with Gasteiger partial charge >= 0.3 is 5.97 Å². The van der Waals surface area contributed by atoms with Crippen molar-refractivity contribution in [3.05, 3.63) is 0 Å². The number of esters is 1. The topological polar surface area (TPSA) is 160 Å². The standard InChI is InChI=1S/C41H71N3O10/c1-14-16-21-44(12)31-22-25(4)51-39(35(31)46)53-37-27(6)34(45)28(7)38(48)52-32(15-2)41(9,49)36(47)26(5)33(24(3)23-40(37,8)50-13)42-54-30-19-17-29(18-20-30)43(10)11/h1,24-32,35-37,39,46-47,49H,15-23H2,2-13H3/t24-,25-,26+,27+,28-,29?,30?,31+,32-,35-,36-,37-,39+,40-,41-/m1/s1. The lowest BCUT2D eigenvalue weighted by Crippen LogP contribution is -2.60. The highest BCUT2D eigenvalue weighted by atomic mass is 16.7. The number of oxime groups is 1. The van der Waals surface area contributed by atoms with Crippen molar-refractivity contribution in [1.82, 2.24) is 9.80 Å². The Labute approximate surface area is 324 Å². The van der Waals surface area contributed by atoms with Crippen LogP contribution in [0.1, 0.15) is 107 Å². The summed E-state index contributed by atoms with van der Waals surface area (Å²) in [7, 11) is 7.59. The SMILES string of the molecule is C#CCCN(C)[C@H]1C[C@@H](C)O[C@@H](O[C@@H]2[C@@H](C)C(=O)[C@@H](C)C(=O)O[C@H](CC)[C@@](C)(O)[C@H](O)[C@@H](C)C(=NOC3CCC(N(C)C)CC3)[C@H](C)C[C@@]2(C)OC)[C@@H]1O. The summed E-state index contributed by atoms with van der Waals surface area (Å²) in [4.78, 5) is 38.3. The third kappa shape index (κ3) is 10.8. The fourth-order valence-electron chi connectivity index (χ4n) is 8.75. The van der Waals surface area contributed by atoms with E-state index in [0.29, 0.717) is 31.1 Å². The number of likely N-dealkylation sites (N-methyl/N-ethyl adjacent to an activating group) is 1. The zero-order valence-corrected chi connectivity index (χ0v) is 35.0. The minimum Gasteiger partial charge on any atom is -0.459 e. The van der Waals surface area contributed by atoms with Gasteiger partial charge in [-0.05, 0) is 93.8 Å². The van der Waals surface area contributed by atoms with Gasteiger partial charge in [0.15, 0.2) is 12.1 Å². The van der Waals surface area contributed by atoms with E-state index in [0.717, 1.165) is 25.7 Å². The average Bonchev–Trinajstić information content (AvgIpc) is 3.14. The maximum atomic E-state index is 14.3. The molecule has 2 saturated heterocycles. The molecule has 1 saturated carbocycles. The van der Waals surface area contributed by atoms with Crippen LogP contribution >= 0.6 is 0 Å². The molecule has 2 heterocycles. The number of nitrogens with zero attached hydrogens (tertiary/aromatic N) is 3. The first-order valence-electron chi connectivity index (χ1n) is 20.0. The van der Waals surface area contributed by atoms with Crippen molar-refractivity contribution in [2.24, 2.45) is 28.8 Å². The maximum absolute atomic E-state index is 14.3. The van der Waals surface area contributed by atoms with Crippen molar-refractivity contribution >= 4 is 17.5 Å². The number of aliphatic hydroxyl groups is 3. The first kappa shape index (κ1) is 46.2. The minimum absolute atomic E-state index is 0.120. The van der Waals surface area contributed by atoms with E-state index >= 15 is 0 Å². The highest BCUT2D eigenvalue weighted by molar-refractivity contribution is 6.00. The van der Waals surface area contributed by atoms with Crippen LogP contribution in [0.3, 0.4) is 0 Å². The minimum atomic E-state index is -1.89. The van der Waals surface area contributed by atoms with Crippen LogP contribution in [0, 0.1) is 36.0 Å². The number of hydrogen-bond donors (Lipinski definition) is 3. The summed E-state index contributed by atoms with van der Waals surface area (Å²) < 4.78 is 25.0. The van der Waals surface area contributed by atoms with Crippen LogP contribution in [0.15, 0.2) is 5.16 Å². The van der Waals surface area contributed by atoms with E-state index < -0.39 is 77.3 Å². The maximum Gasteiger partial charge on any atom is 0.316 e.